The Morgan fingerprint density at radius 2 is 1.65 bits per heavy atom. The van der Waals surface area contributed by atoms with Crippen molar-refractivity contribution in [3.05, 3.63) is 59.9 Å². The molecule has 0 radical (unpaired) electrons. The summed E-state index contributed by atoms with van der Waals surface area (Å²) >= 11 is 0. The molecule has 0 atom stereocenters. The fraction of sp³-hybridized carbons (Fsp3) is 0.158. The van der Waals surface area contributed by atoms with Crippen LogP contribution in [0.4, 0.5) is 0 Å². The molecule has 0 amide bonds. The van der Waals surface area contributed by atoms with Crippen molar-refractivity contribution in [3.8, 4) is 17.1 Å². The first-order valence-corrected chi connectivity index (χ1v) is 7.58. The highest BCUT2D eigenvalue weighted by Gasteiger charge is 2.16. The zero-order valence-electron chi connectivity index (χ0n) is 13.4. The third-order valence-electron chi connectivity index (χ3n) is 4.14. The van der Waals surface area contributed by atoms with E-state index in [-0.39, 0.29) is 0 Å². The molecule has 4 heteroatoms. The molecule has 0 N–H and O–H groups in total. The van der Waals surface area contributed by atoms with Crippen LogP contribution in [0.2, 0.25) is 0 Å². The van der Waals surface area contributed by atoms with Crippen LogP contribution >= 0.6 is 0 Å². The molecular formula is C19H17N3O. The van der Waals surface area contributed by atoms with Gasteiger partial charge in [0.1, 0.15) is 11.6 Å². The van der Waals surface area contributed by atoms with Gasteiger partial charge in [0.05, 0.1) is 35.0 Å². The molecule has 2 aromatic carbocycles. The Morgan fingerprint density at radius 1 is 0.913 bits per heavy atom. The van der Waals surface area contributed by atoms with E-state index in [9.17, 15) is 0 Å². The smallest absolute Gasteiger partial charge is 0.145 e. The summed E-state index contributed by atoms with van der Waals surface area (Å²) in [6.07, 6.45) is 0. The summed E-state index contributed by atoms with van der Waals surface area (Å²) < 4.78 is 7.58. The lowest BCUT2D eigenvalue weighted by Crippen LogP contribution is -1.98. The molecule has 0 bridgehead atoms. The monoisotopic (exact) mass is 303 g/mol. The quantitative estimate of drug-likeness (QED) is 0.558. The predicted octanol–water partition coefficient (Wildman–Crippen LogP) is 4.17. The third kappa shape index (κ3) is 2.06. The van der Waals surface area contributed by atoms with Gasteiger partial charge in [-0.3, -0.25) is 4.40 Å². The second-order valence-electron chi connectivity index (χ2n) is 5.62. The summed E-state index contributed by atoms with van der Waals surface area (Å²) in [5.41, 5.74) is 6.05. The van der Waals surface area contributed by atoms with Gasteiger partial charge in [-0.15, -0.1) is 0 Å². The summed E-state index contributed by atoms with van der Waals surface area (Å²) in [5.74, 6) is 1.75. The Kier molecular flexibility index (Phi) is 3.05. The van der Waals surface area contributed by atoms with Gasteiger partial charge in [0, 0.05) is 11.6 Å². The fourth-order valence-corrected chi connectivity index (χ4v) is 3.11. The highest BCUT2D eigenvalue weighted by molar-refractivity contribution is 5.84. The maximum Gasteiger partial charge on any atom is 0.145 e. The lowest BCUT2D eigenvalue weighted by atomic mass is 10.2. The molecule has 0 unspecified atom stereocenters. The number of imidazole rings is 1. The van der Waals surface area contributed by atoms with Crippen LogP contribution in [0.25, 0.3) is 27.9 Å². The summed E-state index contributed by atoms with van der Waals surface area (Å²) in [6, 6.07) is 16.2. The first-order valence-electron chi connectivity index (χ1n) is 7.58. The molecule has 0 saturated carbocycles. The third-order valence-corrected chi connectivity index (χ3v) is 4.14. The van der Waals surface area contributed by atoms with Crippen molar-refractivity contribution in [1.29, 1.82) is 0 Å². The summed E-state index contributed by atoms with van der Waals surface area (Å²) in [7, 11) is 1.68. The number of ether oxygens (including phenoxy) is 1. The van der Waals surface area contributed by atoms with Gasteiger partial charge in [0.15, 0.2) is 0 Å². The van der Waals surface area contributed by atoms with E-state index in [1.54, 1.807) is 7.11 Å². The maximum absolute atomic E-state index is 5.39. The second-order valence-corrected chi connectivity index (χ2v) is 5.62. The first kappa shape index (κ1) is 13.8. The van der Waals surface area contributed by atoms with Crippen molar-refractivity contribution >= 4 is 16.6 Å². The number of nitrogens with zero attached hydrogens (tertiary/aromatic N) is 3. The number of fused-ring (bicyclic) bond motifs is 3. The van der Waals surface area contributed by atoms with E-state index in [2.05, 4.69) is 16.5 Å². The topological polar surface area (TPSA) is 39.4 Å². The van der Waals surface area contributed by atoms with Gasteiger partial charge in [-0.1, -0.05) is 30.3 Å². The van der Waals surface area contributed by atoms with Gasteiger partial charge in [0.2, 0.25) is 0 Å². The van der Waals surface area contributed by atoms with Gasteiger partial charge in [-0.2, -0.15) is 0 Å². The lowest BCUT2D eigenvalue weighted by molar-refractivity contribution is 0.415. The number of benzene rings is 2. The molecule has 2 heterocycles. The number of methoxy groups -OCH3 is 1. The van der Waals surface area contributed by atoms with E-state index in [1.165, 1.54) is 0 Å². The molecule has 0 aliphatic rings. The number of hydrogen-bond donors (Lipinski definition) is 0. The van der Waals surface area contributed by atoms with Gasteiger partial charge in [-0.05, 0) is 26.0 Å². The van der Waals surface area contributed by atoms with E-state index < -0.39 is 0 Å². The number of hydrogen-bond acceptors (Lipinski definition) is 3. The van der Waals surface area contributed by atoms with Gasteiger partial charge < -0.3 is 4.74 Å². The van der Waals surface area contributed by atoms with Crippen LogP contribution in [-0.4, -0.2) is 21.5 Å². The second kappa shape index (κ2) is 5.09. The van der Waals surface area contributed by atoms with E-state index in [0.29, 0.717) is 0 Å². The number of rotatable bonds is 2. The minimum absolute atomic E-state index is 0.815. The molecule has 23 heavy (non-hydrogen) atoms. The number of aryl methyl sites for hydroxylation is 2. The average Bonchev–Trinajstić information content (AvgIpc) is 2.94. The molecule has 0 fully saturated rings. The summed E-state index contributed by atoms with van der Waals surface area (Å²) in [5, 5.41) is 0. The minimum Gasteiger partial charge on any atom is -0.497 e. The Bertz CT molecular complexity index is 1020. The van der Waals surface area contributed by atoms with Gasteiger partial charge >= 0.3 is 0 Å². The standard InChI is InChI=1S/C19H17N3O/c1-12-18-13(2)21-19(14-7-5-4-6-8-14)22(18)17-11-15(23-3)9-10-16(17)20-12/h4-11H,1-3H3. The fourth-order valence-electron chi connectivity index (χ4n) is 3.11. The van der Waals surface area contributed by atoms with Crippen molar-refractivity contribution in [2.24, 2.45) is 0 Å². The Labute approximate surface area is 134 Å². The molecule has 0 spiro atoms. The van der Waals surface area contributed by atoms with E-state index >= 15 is 0 Å². The molecule has 4 rings (SSSR count). The molecule has 0 saturated heterocycles. The van der Waals surface area contributed by atoms with Crippen LogP contribution < -0.4 is 4.74 Å². The van der Waals surface area contributed by atoms with Crippen LogP contribution in [0.3, 0.4) is 0 Å². The van der Waals surface area contributed by atoms with Crippen LogP contribution in [0.15, 0.2) is 48.5 Å². The normalized spacial score (nSPS) is 11.3. The maximum atomic E-state index is 5.39. The SMILES string of the molecule is COc1ccc2nc(C)c3c(C)nc(-c4ccccc4)n3c2c1. The summed E-state index contributed by atoms with van der Waals surface area (Å²) in [4.78, 5) is 9.54. The number of aromatic nitrogens is 3. The summed E-state index contributed by atoms with van der Waals surface area (Å²) in [6.45, 7) is 4.06. The van der Waals surface area contributed by atoms with Crippen molar-refractivity contribution in [2.45, 2.75) is 13.8 Å². The van der Waals surface area contributed by atoms with Crippen LogP contribution in [0, 0.1) is 13.8 Å². The zero-order chi connectivity index (χ0) is 16.0. The molecule has 0 aliphatic carbocycles. The van der Waals surface area contributed by atoms with E-state index in [0.717, 1.165) is 45.1 Å². The molecule has 4 aromatic rings. The van der Waals surface area contributed by atoms with Crippen LogP contribution in [0.1, 0.15) is 11.4 Å². The molecular weight excluding hydrogens is 286 g/mol. The molecule has 2 aromatic heterocycles. The Hall–Kier alpha value is -2.88. The lowest BCUT2D eigenvalue weighted by Gasteiger charge is -2.09. The predicted molar refractivity (Wildman–Crippen MR) is 92.0 cm³/mol. The molecule has 0 aliphatic heterocycles. The Morgan fingerprint density at radius 3 is 2.39 bits per heavy atom. The average molecular weight is 303 g/mol. The van der Waals surface area contributed by atoms with E-state index in [1.807, 2.05) is 50.2 Å². The van der Waals surface area contributed by atoms with Crippen molar-refractivity contribution in [3.63, 3.8) is 0 Å². The molecule has 4 nitrogen and oxygen atoms in total. The van der Waals surface area contributed by atoms with Gasteiger partial charge in [-0.25, -0.2) is 9.97 Å². The highest BCUT2D eigenvalue weighted by atomic mass is 16.5. The van der Waals surface area contributed by atoms with Crippen molar-refractivity contribution in [2.75, 3.05) is 7.11 Å². The van der Waals surface area contributed by atoms with Crippen LogP contribution in [-0.2, 0) is 0 Å². The largest absolute Gasteiger partial charge is 0.497 e. The first-order chi connectivity index (χ1) is 11.2. The van der Waals surface area contributed by atoms with Gasteiger partial charge in [0.25, 0.3) is 0 Å². The highest BCUT2D eigenvalue weighted by Crippen LogP contribution is 2.29. The van der Waals surface area contributed by atoms with Crippen molar-refractivity contribution in [1.82, 2.24) is 14.4 Å². The zero-order valence-corrected chi connectivity index (χ0v) is 13.4. The Balaban J connectivity index is 2.20. The van der Waals surface area contributed by atoms with Crippen LogP contribution in [0.5, 0.6) is 5.75 Å². The molecule has 114 valence electrons. The minimum atomic E-state index is 0.815. The van der Waals surface area contributed by atoms with Crippen molar-refractivity contribution < 1.29 is 4.74 Å². The van der Waals surface area contributed by atoms with E-state index in [4.69, 9.17) is 14.7 Å².